The van der Waals surface area contributed by atoms with Crippen molar-refractivity contribution >= 4 is 11.6 Å². The molecule has 0 radical (unpaired) electrons. The van der Waals surface area contributed by atoms with Crippen LogP contribution in [-0.4, -0.2) is 36.4 Å². The zero-order valence-electron chi connectivity index (χ0n) is 14.4. The molecule has 6 nitrogen and oxygen atoms in total. The Morgan fingerprint density at radius 1 is 1.30 bits per heavy atom. The summed E-state index contributed by atoms with van der Waals surface area (Å²) >= 11 is 0. The number of hydrogen-bond donors (Lipinski definition) is 2. The second-order valence-corrected chi connectivity index (χ2v) is 5.88. The summed E-state index contributed by atoms with van der Waals surface area (Å²) in [5, 5.41) is 7.28. The number of aryl methyl sites for hydroxylation is 2. The summed E-state index contributed by atoms with van der Waals surface area (Å²) in [4.78, 5) is 13.4. The van der Waals surface area contributed by atoms with Crippen LogP contribution in [-0.2, 0) is 18.4 Å². The van der Waals surface area contributed by atoms with Crippen LogP contribution in [0.15, 0.2) is 24.3 Å². The number of carbonyl (C=O) groups is 1. The van der Waals surface area contributed by atoms with Gasteiger partial charge in [-0.15, -0.1) is 0 Å². The van der Waals surface area contributed by atoms with E-state index in [1.54, 1.807) is 11.8 Å². The fourth-order valence-electron chi connectivity index (χ4n) is 2.57. The van der Waals surface area contributed by atoms with Gasteiger partial charge in [-0.2, -0.15) is 5.10 Å². The highest BCUT2D eigenvalue weighted by Crippen LogP contribution is 2.17. The van der Waals surface area contributed by atoms with E-state index in [4.69, 9.17) is 4.74 Å². The monoisotopic (exact) mass is 317 g/mol. The lowest BCUT2D eigenvalue weighted by Crippen LogP contribution is -3.08. The van der Waals surface area contributed by atoms with Gasteiger partial charge in [-0.05, 0) is 38.1 Å². The Kier molecular flexibility index (Phi) is 5.39. The van der Waals surface area contributed by atoms with Crippen molar-refractivity contribution in [2.45, 2.75) is 20.4 Å². The standard InChI is InChI=1S/C17H24N4O2/c1-12-17(13(2)21(4)19-12)18-16(22)11-20(3)10-14-6-8-15(23-5)9-7-14/h6-9H,10-11H2,1-5H3,(H,18,22)/p+1. The van der Waals surface area contributed by atoms with E-state index in [0.29, 0.717) is 6.54 Å². The van der Waals surface area contributed by atoms with Crippen molar-refractivity contribution in [1.82, 2.24) is 9.78 Å². The zero-order chi connectivity index (χ0) is 17.0. The van der Waals surface area contributed by atoms with Crippen molar-refractivity contribution in [2.75, 3.05) is 26.0 Å². The third-order valence-electron chi connectivity index (χ3n) is 3.90. The van der Waals surface area contributed by atoms with Crippen LogP contribution >= 0.6 is 0 Å². The molecule has 1 amide bonds. The van der Waals surface area contributed by atoms with E-state index in [-0.39, 0.29) is 5.91 Å². The van der Waals surface area contributed by atoms with Crippen LogP contribution in [0.25, 0.3) is 0 Å². The van der Waals surface area contributed by atoms with Gasteiger partial charge in [-0.1, -0.05) is 0 Å². The molecule has 0 aliphatic rings. The Morgan fingerprint density at radius 3 is 2.48 bits per heavy atom. The minimum Gasteiger partial charge on any atom is -0.497 e. The van der Waals surface area contributed by atoms with Crippen molar-refractivity contribution in [3.05, 3.63) is 41.2 Å². The van der Waals surface area contributed by atoms with Crippen molar-refractivity contribution in [3.8, 4) is 5.75 Å². The Bertz CT molecular complexity index is 677. The minimum atomic E-state index is -0.00443. The van der Waals surface area contributed by atoms with E-state index in [9.17, 15) is 4.79 Å². The van der Waals surface area contributed by atoms with Gasteiger partial charge in [0.25, 0.3) is 5.91 Å². The molecule has 0 aliphatic carbocycles. The molecule has 0 fully saturated rings. The van der Waals surface area contributed by atoms with Crippen molar-refractivity contribution < 1.29 is 14.4 Å². The number of nitrogens with zero attached hydrogens (tertiary/aromatic N) is 2. The molecule has 1 heterocycles. The highest BCUT2D eigenvalue weighted by molar-refractivity contribution is 5.92. The van der Waals surface area contributed by atoms with Crippen LogP contribution in [0.1, 0.15) is 17.0 Å². The Labute approximate surface area is 137 Å². The number of rotatable bonds is 6. The van der Waals surface area contributed by atoms with Crippen molar-refractivity contribution in [1.29, 1.82) is 0 Å². The second-order valence-electron chi connectivity index (χ2n) is 5.88. The van der Waals surface area contributed by atoms with Gasteiger partial charge in [0, 0.05) is 12.6 Å². The molecular formula is C17H25N4O2+. The summed E-state index contributed by atoms with van der Waals surface area (Å²) in [5.41, 5.74) is 3.79. The maximum absolute atomic E-state index is 12.2. The number of ether oxygens (including phenoxy) is 1. The molecular weight excluding hydrogens is 292 g/mol. The van der Waals surface area contributed by atoms with E-state index < -0.39 is 0 Å². The predicted octanol–water partition coefficient (Wildman–Crippen LogP) is 0.699. The van der Waals surface area contributed by atoms with Crippen LogP contribution in [0.2, 0.25) is 0 Å². The first-order chi connectivity index (χ1) is 10.9. The molecule has 1 unspecified atom stereocenters. The van der Waals surface area contributed by atoms with Gasteiger partial charge in [-0.3, -0.25) is 9.48 Å². The molecule has 6 heteroatoms. The number of likely N-dealkylation sites (N-methyl/N-ethyl adjacent to an activating group) is 1. The summed E-state index contributed by atoms with van der Waals surface area (Å²) in [6.07, 6.45) is 0. The van der Waals surface area contributed by atoms with Gasteiger partial charge in [0.2, 0.25) is 0 Å². The molecule has 23 heavy (non-hydrogen) atoms. The number of amides is 1. The number of quaternary nitrogens is 1. The molecule has 0 saturated carbocycles. The summed E-state index contributed by atoms with van der Waals surface area (Å²) in [5.74, 6) is 0.835. The first-order valence-electron chi connectivity index (χ1n) is 7.65. The quantitative estimate of drug-likeness (QED) is 0.824. The Balaban J connectivity index is 1.91. The Morgan fingerprint density at radius 2 is 1.96 bits per heavy atom. The largest absolute Gasteiger partial charge is 0.497 e. The number of methoxy groups -OCH3 is 1. The normalized spacial score (nSPS) is 12.0. The van der Waals surface area contributed by atoms with E-state index in [1.807, 2.05) is 52.2 Å². The second kappa shape index (κ2) is 7.28. The van der Waals surface area contributed by atoms with E-state index in [1.165, 1.54) is 5.56 Å². The molecule has 2 aromatic rings. The molecule has 0 saturated heterocycles. The molecule has 0 aliphatic heterocycles. The predicted molar refractivity (Wildman–Crippen MR) is 89.8 cm³/mol. The number of nitrogens with one attached hydrogen (secondary N) is 2. The lowest BCUT2D eigenvalue weighted by atomic mass is 10.2. The minimum absolute atomic E-state index is 0.00443. The van der Waals surface area contributed by atoms with Gasteiger partial charge < -0.3 is 15.0 Å². The van der Waals surface area contributed by atoms with Gasteiger partial charge in [0.05, 0.1) is 31.2 Å². The van der Waals surface area contributed by atoms with E-state index >= 15 is 0 Å². The lowest BCUT2D eigenvalue weighted by Gasteiger charge is -2.14. The first kappa shape index (κ1) is 17.0. The summed E-state index contributed by atoms with van der Waals surface area (Å²) < 4.78 is 6.93. The van der Waals surface area contributed by atoms with E-state index in [0.717, 1.165) is 34.3 Å². The average Bonchev–Trinajstić information content (AvgIpc) is 2.74. The molecule has 1 atom stereocenters. The molecule has 124 valence electrons. The molecule has 1 aromatic heterocycles. The maximum Gasteiger partial charge on any atom is 0.279 e. The van der Waals surface area contributed by atoms with Crippen LogP contribution in [0.4, 0.5) is 5.69 Å². The number of carbonyl (C=O) groups excluding carboxylic acids is 1. The molecule has 0 bridgehead atoms. The smallest absolute Gasteiger partial charge is 0.279 e. The molecule has 1 aromatic carbocycles. The SMILES string of the molecule is COc1ccc(C[NH+](C)CC(=O)Nc2c(C)nn(C)c2C)cc1. The average molecular weight is 317 g/mol. The van der Waals surface area contributed by atoms with Gasteiger partial charge in [0.15, 0.2) is 6.54 Å². The highest BCUT2D eigenvalue weighted by Gasteiger charge is 2.15. The van der Waals surface area contributed by atoms with E-state index in [2.05, 4.69) is 10.4 Å². The molecule has 2 rings (SSSR count). The number of benzene rings is 1. The number of hydrogen-bond acceptors (Lipinski definition) is 3. The van der Waals surface area contributed by atoms with Crippen LogP contribution < -0.4 is 15.0 Å². The van der Waals surface area contributed by atoms with Crippen molar-refractivity contribution in [3.63, 3.8) is 0 Å². The highest BCUT2D eigenvalue weighted by atomic mass is 16.5. The lowest BCUT2D eigenvalue weighted by molar-refractivity contribution is -0.885. The van der Waals surface area contributed by atoms with Gasteiger partial charge >= 0.3 is 0 Å². The Hall–Kier alpha value is -2.34. The van der Waals surface area contributed by atoms with Gasteiger partial charge in [-0.25, -0.2) is 0 Å². The topological polar surface area (TPSA) is 60.6 Å². The zero-order valence-corrected chi connectivity index (χ0v) is 14.4. The van der Waals surface area contributed by atoms with Crippen LogP contribution in [0, 0.1) is 13.8 Å². The fourth-order valence-corrected chi connectivity index (χ4v) is 2.57. The number of anilines is 1. The summed E-state index contributed by atoms with van der Waals surface area (Å²) in [6, 6.07) is 7.92. The molecule has 2 N–H and O–H groups in total. The maximum atomic E-state index is 12.2. The first-order valence-corrected chi connectivity index (χ1v) is 7.65. The fraction of sp³-hybridized carbons (Fsp3) is 0.412. The summed E-state index contributed by atoms with van der Waals surface area (Å²) in [6.45, 7) is 5.03. The molecule has 0 spiro atoms. The third-order valence-corrected chi connectivity index (χ3v) is 3.90. The van der Waals surface area contributed by atoms with Gasteiger partial charge in [0.1, 0.15) is 12.3 Å². The third kappa shape index (κ3) is 4.32. The van der Waals surface area contributed by atoms with Crippen LogP contribution in [0.5, 0.6) is 5.75 Å². The summed E-state index contributed by atoms with van der Waals surface area (Å²) in [7, 11) is 5.53. The van der Waals surface area contributed by atoms with Crippen molar-refractivity contribution in [2.24, 2.45) is 7.05 Å². The van der Waals surface area contributed by atoms with Crippen LogP contribution in [0.3, 0.4) is 0 Å². The number of aromatic nitrogens is 2.